The van der Waals surface area contributed by atoms with E-state index in [0.29, 0.717) is 21.1 Å². The number of phenolic OH excluding ortho intramolecular Hbond substituents is 1. The highest BCUT2D eigenvalue weighted by Gasteiger charge is 2.29. The fraction of sp³-hybridized carbons (Fsp3) is 0.273. The molecule has 2 rings (SSSR count). The van der Waals surface area contributed by atoms with E-state index in [1.165, 1.54) is 18.2 Å². The second-order valence-electron chi connectivity index (χ2n) is 3.47. The van der Waals surface area contributed by atoms with E-state index in [1.807, 2.05) is 6.92 Å². The summed E-state index contributed by atoms with van der Waals surface area (Å²) in [5, 5.41) is 9.30. The van der Waals surface area contributed by atoms with Crippen molar-refractivity contribution >= 4 is 27.7 Å². The minimum Gasteiger partial charge on any atom is -0.508 e. The van der Waals surface area contributed by atoms with Crippen LogP contribution in [0.3, 0.4) is 0 Å². The second kappa shape index (κ2) is 4.14. The van der Waals surface area contributed by atoms with E-state index >= 15 is 0 Å². The molecular weight excluding hydrogens is 244 g/mol. The lowest BCUT2D eigenvalue weighted by Gasteiger charge is -2.02. The lowest BCUT2D eigenvalue weighted by atomic mass is 10.2. The number of benzene rings is 1. The number of sulfone groups is 1. The Labute approximate surface area is 99.1 Å². The smallest absolute Gasteiger partial charge is 0.204 e. The molecule has 0 radical (unpaired) electrons. The van der Waals surface area contributed by atoms with Crippen LogP contribution in [0.15, 0.2) is 28.0 Å². The van der Waals surface area contributed by atoms with Crippen LogP contribution in [-0.4, -0.2) is 25.0 Å². The van der Waals surface area contributed by atoms with Gasteiger partial charge in [-0.3, -0.25) is 0 Å². The lowest BCUT2D eigenvalue weighted by molar-refractivity contribution is 0.474. The third-order valence-electron chi connectivity index (χ3n) is 2.39. The summed E-state index contributed by atoms with van der Waals surface area (Å²) in [6.45, 7) is 1.99. The third-order valence-corrected chi connectivity index (χ3v) is 5.40. The fourth-order valence-electron chi connectivity index (χ4n) is 1.61. The van der Waals surface area contributed by atoms with Gasteiger partial charge in [0.05, 0.1) is 9.80 Å². The van der Waals surface area contributed by atoms with Gasteiger partial charge in [0.15, 0.2) is 0 Å². The molecule has 0 fully saturated rings. The van der Waals surface area contributed by atoms with E-state index in [0.717, 1.165) is 5.75 Å². The number of fused-ring (bicyclic) bond motifs is 1. The minimum absolute atomic E-state index is 0.0922. The molecule has 0 bridgehead atoms. The van der Waals surface area contributed by atoms with Gasteiger partial charge in [-0.05, 0) is 35.6 Å². The largest absolute Gasteiger partial charge is 0.508 e. The predicted octanol–water partition coefficient (Wildman–Crippen LogP) is 2.27. The summed E-state index contributed by atoms with van der Waals surface area (Å²) in [6.07, 6.45) is 1.65. The average molecular weight is 256 g/mol. The van der Waals surface area contributed by atoms with Crippen molar-refractivity contribution in [1.82, 2.24) is 0 Å². The van der Waals surface area contributed by atoms with Gasteiger partial charge < -0.3 is 5.11 Å². The summed E-state index contributed by atoms with van der Waals surface area (Å²) in [5.74, 6) is 1.47. The first kappa shape index (κ1) is 11.5. The molecule has 86 valence electrons. The maximum atomic E-state index is 12.0. The molecular formula is C11H12O3S2. The molecule has 5 heteroatoms. The van der Waals surface area contributed by atoms with E-state index in [-0.39, 0.29) is 5.75 Å². The van der Waals surface area contributed by atoms with Crippen LogP contribution in [0.5, 0.6) is 5.75 Å². The topological polar surface area (TPSA) is 54.4 Å². The number of rotatable bonds is 3. The van der Waals surface area contributed by atoms with Crippen molar-refractivity contribution in [3.05, 3.63) is 28.7 Å². The zero-order chi connectivity index (χ0) is 11.8. The monoisotopic (exact) mass is 256 g/mol. The Balaban J connectivity index is 2.44. The zero-order valence-corrected chi connectivity index (χ0v) is 10.4. The van der Waals surface area contributed by atoms with Crippen molar-refractivity contribution < 1.29 is 13.5 Å². The molecule has 1 aliphatic rings. The first-order valence-electron chi connectivity index (χ1n) is 4.92. The quantitative estimate of drug-likeness (QED) is 0.901. The molecule has 0 spiro atoms. The van der Waals surface area contributed by atoms with E-state index < -0.39 is 9.84 Å². The maximum absolute atomic E-state index is 12.0. The summed E-state index contributed by atoms with van der Waals surface area (Å²) in [6, 6.07) is 4.34. The average Bonchev–Trinajstić information content (AvgIpc) is 2.47. The van der Waals surface area contributed by atoms with E-state index in [2.05, 4.69) is 0 Å². The van der Waals surface area contributed by atoms with Crippen molar-refractivity contribution in [2.45, 2.75) is 11.8 Å². The van der Waals surface area contributed by atoms with Crippen LogP contribution in [-0.2, 0) is 9.84 Å². The van der Waals surface area contributed by atoms with Crippen LogP contribution < -0.4 is 0 Å². The van der Waals surface area contributed by atoms with Gasteiger partial charge in [-0.1, -0.05) is 6.92 Å². The van der Waals surface area contributed by atoms with Gasteiger partial charge in [0.2, 0.25) is 9.84 Å². The zero-order valence-electron chi connectivity index (χ0n) is 8.80. The van der Waals surface area contributed by atoms with Gasteiger partial charge in [-0.25, -0.2) is 8.42 Å². The number of aromatic hydroxyl groups is 1. The Morgan fingerprint density at radius 2 is 2.12 bits per heavy atom. The molecule has 0 atom stereocenters. The predicted molar refractivity (Wildman–Crippen MR) is 66.3 cm³/mol. The first-order chi connectivity index (χ1) is 7.55. The van der Waals surface area contributed by atoms with Crippen molar-refractivity contribution in [3.63, 3.8) is 0 Å². The molecule has 0 amide bonds. The molecule has 0 saturated carbocycles. The molecule has 1 aromatic carbocycles. The summed E-state index contributed by atoms with van der Waals surface area (Å²) >= 11 is 1.57. The van der Waals surface area contributed by atoms with E-state index in [9.17, 15) is 13.5 Å². The van der Waals surface area contributed by atoms with Crippen molar-refractivity contribution in [1.29, 1.82) is 0 Å². The van der Waals surface area contributed by atoms with E-state index in [4.69, 9.17) is 0 Å². The van der Waals surface area contributed by atoms with E-state index in [1.54, 1.807) is 17.8 Å². The molecule has 0 unspecified atom stereocenters. The summed E-state index contributed by atoms with van der Waals surface area (Å²) in [4.78, 5) is 0.733. The van der Waals surface area contributed by atoms with Crippen molar-refractivity contribution in [3.8, 4) is 5.75 Å². The summed E-state index contributed by atoms with van der Waals surface area (Å²) in [7, 11) is -3.31. The normalized spacial score (nSPS) is 16.9. The van der Waals surface area contributed by atoms with Gasteiger partial charge in [-0.2, -0.15) is 11.8 Å². The first-order valence-corrected chi connectivity index (χ1v) is 7.56. The fourth-order valence-corrected chi connectivity index (χ4v) is 4.21. The van der Waals surface area contributed by atoms with Gasteiger partial charge in [-0.15, -0.1) is 0 Å². The Kier molecular flexibility index (Phi) is 2.99. The second-order valence-corrected chi connectivity index (χ2v) is 6.72. The SMILES string of the molecule is CCSCC1=Cc2cc(O)ccc2S1(=O)=O. The van der Waals surface area contributed by atoms with Crippen LogP contribution in [0.4, 0.5) is 0 Å². The number of thioether (sulfide) groups is 1. The molecule has 1 aliphatic heterocycles. The van der Waals surface area contributed by atoms with Gasteiger partial charge >= 0.3 is 0 Å². The highest BCUT2D eigenvalue weighted by Crippen LogP contribution is 2.35. The van der Waals surface area contributed by atoms with Gasteiger partial charge in [0.1, 0.15) is 5.75 Å². The molecule has 0 aromatic heterocycles. The van der Waals surface area contributed by atoms with Crippen LogP contribution in [0.1, 0.15) is 12.5 Å². The maximum Gasteiger partial charge on any atom is 0.204 e. The van der Waals surface area contributed by atoms with Gasteiger partial charge in [0, 0.05) is 5.75 Å². The molecule has 1 N–H and O–H groups in total. The standard InChI is InChI=1S/C11H12O3S2/c1-2-15-7-10-6-8-5-9(12)3-4-11(8)16(10,13)14/h3-6,12H,2,7H2,1H3. The number of hydrogen-bond donors (Lipinski definition) is 1. The van der Waals surface area contributed by atoms with Crippen molar-refractivity contribution in [2.75, 3.05) is 11.5 Å². The van der Waals surface area contributed by atoms with Crippen LogP contribution in [0.2, 0.25) is 0 Å². The Hall–Kier alpha value is -0.940. The van der Waals surface area contributed by atoms with Crippen LogP contribution in [0.25, 0.3) is 6.08 Å². The van der Waals surface area contributed by atoms with Crippen LogP contribution >= 0.6 is 11.8 Å². The summed E-state index contributed by atoms with van der Waals surface area (Å²) in [5.41, 5.74) is 0.590. The summed E-state index contributed by atoms with van der Waals surface area (Å²) < 4.78 is 24.1. The lowest BCUT2D eigenvalue weighted by Crippen LogP contribution is -2.02. The number of hydrogen-bond acceptors (Lipinski definition) is 4. The Morgan fingerprint density at radius 1 is 1.38 bits per heavy atom. The molecule has 1 heterocycles. The molecule has 0 saturated heterocycles. The molecule has 3 nitrogen and oxygen atoms in total. The Bertz CT molecular complexity index is 544. The van der Waals surface area contributed by atoms with Crippen molar-refractivity contribution in [2.24, 2.45) is 0 Å². The molecule has 16 heavy (non-hydrogen) atoms. The molecule has 1 aromatic rings. The van der Waals surface area contributed by atoms with Crippen LogP contribution in [0, 0.1) is 0 Å². The molecule has 0 aliphatic carbocycles. The number of phenols is 1. The third kappa shape index (κ3) is 1.85. The minimum atomic E-state index is -3.31. The highest BCUT2D eigenvalue weighted by molar-refractivity contribution is 8.02. The highest BCUT2D eigenvalue weighted by atomic mass is 32.2. The van der Waals surface area contributed by atoms with Gasteiger partial charge in [0.25, 0.3) is 0 Å². The Morgan fingerprint density at radius 3 is 2.81 bits per heavy atom.